The largest absolute Gasteiger partial charge is 0.310 e. The molecule has 8 aromatic rings. The number of anilines is 3. The Morgan fingerprint density at radius 1 is 0.446 bits per heavy atom. The first-order valence-electron chi connectivity index (χ1n) is 19.8. The average Bonchev–Trinajstić information content (AvgIpc) is 3.23. The molecule has 0 N–H and O–H groups in total. The molecule has 0 aliphatic heterocycles. The van der Waals surface area contributed by atoms with Crippen LogP contribution in [0.25, 0.3) is 33.0 Å². The Balaban J connectivity index is 1.35. The molecule has 1 aliphatic carbocycles. The summed E-state index contributed by atoms with van der Waals surface area (Å²) in [7, 11) is 0. The molecule has 0 unspecified atom stereocenters. The van der Waals surface area contributed by atoms with Crippen LogP contribution < -0.4 is 4.90 Å². The van der Waals surface area contributed by atoms with Gasteiger partial charge in [0.1, 0.15) is 0 Å². The molecule has 0 saturated carbocycles. The molecule has 0 spiro atoms. The van der Waals surface area contributed by atoms with Gasteiger partial charge in [0, 0.05) is 22.4 Å². The number of fused-ring (bicyclic) bond motifs is 3. The number of rotatable bonds is 6. The normalized spacial score (nSPS) is 13.2. The van der Waals surface area contributed by atoms with E-state index >= 15 is 0 Å². The minimum absolute atomic E-state index is 0.00295. The highest BCUT2D eigenvalue weighted by Gasteiger charge is 2.37. The van der Waals surface area contributed by atoms with E-state index in [2.05, 4.69) is 234 Å². The van der Waals surface area contributed by atoms with Gasteiger partial charge in [-0.2, -0.15) is 0 Å². The molecule has 0 bridgehead atoms. The Hall–Kier alpha value is -6.44. The van der Waals surface area contributed by atoms with Crippen molar-refractivity contribution in [1.82, 2.24) is 0 Å². The lowest BCUT2D eigenvalue weighted by Crippen LogP contribution is -2.27. The summed E-state index contributed by atoms with van der Waals surface area (Å²) in [6.07, 6.45) is 0. The Bertz CT molecular complexity index is 2690. The quantitative estimate of drug-likeness (QED) is 0.165. The van der Waals surface area contributed by atoms with E-state index < -0.39 is 0 Å². The summed E-state index contributed by atoms with van der Waals surface area (Å²) in [5.74, 6) is 0. The van der Waals surface area contributed by atoms with Crippen molar-refractivity contribution in [2.75, 3.05) is 4.90 Å². The van der Waals surface area contributed by atoms with E-state index in [0.717, 1.165) is 17.1 Å². The van der Waals surface area contributed by atoms with Crippen LogP contribution in [0.5, 0.6) is 0 Å². The second-order valence-corrected chi connectivity index (χ2v) is 16.6. The summed E-state index contributed by atoms with van der Waals surface area (Å²) >= 11 is 0. The fraction of sp³-hybridized carbons (Fsp3) is 0.127. The Kier molecular flexibility index (Phi) is 8.82. The molecule has 0 saturated heterocycles. The summed E-state index contributed by atoms with van der Waals surface area (Å²) in [5, 5.41) is 2.45. The highest BCUT2D eigenvalue weighted by Crippen LogP contribution is 2.52. The topological polar surface area (TPSA) is 3.24 Å². The van der Waals surface area contributed by atoms with Crippen molar-refractivity contribution in [3.05, 3.63) is 233 Å². The van der Waals surface area contributed by atoms with Gasteiger partial charge in [-0.25, -0.2) is 0 Å². The van der Waals surface area contributed by atoms with Crippen LogP contribution in [0, 0.1) is 0 Å². The van der Waals surface area contributed by atoms with E-state index in [1.54, 1.807) is 0 Å². The van der Waals surface area contributed by atoms with E-state index in [9.17, 15) is 0 Å². The molecule has 0 radical (unpaired) electrons. The van der Waals surface area contributed by atoms with Crippen LogP contribution in [0.15, 0.2) is 194 Å². The zero-order valence-corrected chi connectivity index (χ0v) is 32.9. The van der Waals surface area contributed by atoms with Gasteiger partial charge >= 0.3 is 0 Å². The van der Waals surface area contributed by atoms with Gasteiger partial charge in [0.15, 0.2) is 0 Å². The third-order valence-corrected chi connectivity index (χ3v) is 11.6. The molecule has 0 heterocycles. The number of hydrogen-bond acceptors (Lipinski definition) is 1. The van der Waals surface area contributed by atoms with Crippen molar-refractivity contribution in [2.45, 2.75) is 45.4 Å². The third kappa shape index (κ3) is 6.24. The lowest BCUT2D eigenvalue weighted by atomic mass is 9.65. The molecule has 56 heavy (non-hydrogen) atoms. The van der Waals surface area contributed by atoms with Crippen molar-refractivity contribution in [1.29, 1.82) is 0 Å². The average molecular weight is 722 g/mol. The van der Waals surface area contributed by atoms with Crippen LogP contribution in [0.4, 0.5) is 17.1 Å². The number of nitrogens with zero attached hydrogens (tertiary/aromatic N) is 1. The van der Waals surface area contributed by atoms with Crippen LogP contribution in [0.1, 0.15) is 73.6 Å². The standard InChI is InChI=1S/C55H47N/c1-54(2,3)43-30-34-51(48(36-43)39-20-9-6-10-21-39)56(44-31-29-38-19-15-16-26-42(38)35-44)45-32-33-47-50(37-45)55(4,5)49-28-18-17-27-46(49)53(47)52(40-22-11-7-12-23-40)41-24-13-8-14-25-41/h6-37H,1-5H3. The monoisotopic (exact) mass is 721 g/mol. The van der Waals surface area contributed by atoms with E-state index in [1.807, 2.05) is 0 Å². The first-order valence-corrected chi connectivity index (χ1v) is 19.8. The molecule has 0 fully saturated rings. The first kappa shape index (κ1) is 35.3. The smallest absolute Gasteiger partial charge is 0.0540 e. The van der Waals surface area contributed by atoms with Crippen LogP contribution >= 0.6 is 0 Å². The van der Waals surface area contributed by atoms with Crippen molar-refractivity contribution in [3.63, 3.8) is 0 Å². The summed E-state index contributed by atoms with van der Waals surface area (Å²) in [6.45, 7) is 11.7. The molecule has 1 nitrogen and oxygen atoms in total. The lowest BCUT2D eigenvalue weighted by Gasteiger charge is -2.39. The summed E-state index contributed by atoms with van der Waals surface area (Å²) in [4.78, 5) is 2.48. The zero-order chi connectivity index (χ0) is 38.4. The van der Waals surface area contributed by atoms with Gasteiger partial charge in [-0.1, -0.05) is 192 Å². The second kappa shape index (κ2) is 14.0. The molecular formula is C55H47N. The van der Waals surface area contributed by atoms with Crippen molar-refractivity contribution in [3.8, 4) is 11.1 Å². The van der Waals surface area contributed by atoms with Gasteiger partial charge in [-0.05, 0) is 108 Å². The minimum Gasteiger partial charge on any atom is -0.310 e. The van der Waals surface area contributed by atoms with E-state index in [1.165, 1.54) is 72.0 Å². The Morgan fingerprint density at radius 3 is 1.68 bits per heavy atom. The first-order chi connectivity index (χ1) is 27.2. The molecule has 1 aliphatic rings. The van der Waals surface area contributed by atoms with Gasteiger partial charge in [0.25, 0.3) is 0 Å². The van der Waals surface area contributed by atoms with Crippen LogP contribution in [-0.2, 0) is 10.8 Å². The highest BCUT2D eigenvalue weighted by atomic mass is 15.1. The van der Waals surface area contributed by atoms with Crippen molar-refractivity contribution >= 4 is 39.0 Å². The molecule has 8 aromatic carbocycles. The van der Waals surface area contributed by atoms with Crippen LogP contribution in [0.3, 0.4) is 0 Å². The van der Waals surface area contributed by atoms with E-state index in [-0.39, 0.29) is 10.8 Å². The van der Waals surface area contributed by atoms with Gasteiger partial charge in [-0.15, -0.1) is 0 Å². The number of benzene rings is 8. The molecule has 1 heteroatoms. The summed E-state index contributed by atoms with van der Waals surface area (Å²) < 4.78 is 0. The van der Waals surface area contributed by atoms with Crippen molar-refractivity contribution in [2.24, 2.45) is 0 Å². The van der Waals surface area contributed by atoms with Crippen molar-refractivity contribution < 1.29 is 0 Å². The number of hydrogen-bond donors (Lipinski definition) is 0. The molecule has 9 rings (SSSR count). The molecule has 0 atom stereocenters. The Labute approximate surface area is 332 Å². The maximum absolute atomic E-state index is 2.48. The molecule has 0 aromatic heterocycles. The van der Waals surface area contributed by atoms with Gasteiger partial charge < -0.3 is 4.90 Å². The predicted octanol–water partition coefficient (Wildman–Crippen LogP) is 14.9. The lowest BCUT2D eigenvalue weighted by molar-refractivity contribution is 0.590. The van der Waals surface area contributed by atoms with Crippen LogP contribution in [0.2, 0.25) is 0 Å². The summed E-state index contributed by atoms with van der Waals surface area (Å²) in [6, 6.07) is 71.5. The molecule has 272 valence electrons. The summed E-state index contributed by atoms with van der Waals surface area (Å²) in [5.41, 5.74) is 17.0. The van der Waals surface area contributed by atoms with Gasteiger partial charge in [-0.3, -0.25) is 0 Å². The fourth-order valence-corrected chi connectivity index (χ4v) is 8.67. The van der Waals surface area contributed by atoms with Gasteiger partial charge in [0.05, 0.1) is 5.69 Å². The predicted molar refractivity (Wildman–Crippen MR) is 239 cm³/mol. The van der Waals surface area contributed by atoms with Crippen LogP contribution in [-0.4, -0.2) is 0 Å². The van der Waals surface area contributed by atoms with Gasteiger partial charge in [0.2, 0.25) is 0 Å². The highest BCUT2D eigenvalue weighted by molar-refractivity contribution is 6.07. The third-order valence-electron chi connectivity index (χ3n) is 11.6. The molecular weight excluding hydrogens is 675 g/mol. The maximum atomic E-state index is 2.48. The Morgan fingerprint density at radius 2 is 1.00 bits per heavy atom. The zero-order valence-electron chi connectivity index (χ0n) is 32.9. The van der Waals surface area contributed by atoms with E-state index in [4.69, 9.17) is 0 Å². The fourth-order valence-electron chi connectivity index (χ4n) is 8.67. The SMILES string of the molecule is CC(C)(C)c1ccc(N(c2ccc3c(c2)C(C)(C)c2ccccc2C3=C(c2ccccc2)c2ccccc2)c2ccc3ccccc3c2)c(-c2ccccc2)c1. The molecule has 0 amide bonds. The minimum atomic E-state index is -0.267. The van der Waals surface area contributed by atoms with E-state index in [0.29, 0.717) is 0 Å². The maximum Gasteiger partial charge on any atom is 0.0540 e. The second-order valence-electron chi connectivity index (χ2n) is 16.6.